The number of hydrogen-bond donors (Lipinski definition) is 2. The molecule has 0 spiro atoms. The van der Waals surface area contributed by atoms with Crippen molar-refractivity contribution in [2.24, 2.45) is 0 Å². The van der Waals surface area contributed by atoms with E-state index in [0.717, 1.165) is 35.8 Å². The Morgan fingerprint density at radius 2 is 1.75 bits per heavy atom. The van der Waals surface area contributed by atoms with Crippen molar-refractivity contribution in [3.8, 4) is 0 Å². The second-order valence-corrected chi connectivity index (χ2v) is 5.40. The summed E-state index contributed by atoms with van der Waals surface area (Å²) in [5.74, 6) is 0. The van der Waals surface area contributed by atoms with Crippen molar-refractivity contribution < 1.29 is 15.3 Å². The van der Waals surface area contributed by atoms with Gasteiger partial charge in [-0.3, -0.25) is 10.1 Å². The molecule has 2 atom stereocenters. The Kier molecular flexibility index (Phi) is 3.43. The van der Waals surface area contributed by atoms with Gasteiger partial charge in [0.25, 0.3) is 5.69 Å². The maximum atomic E-state index is 10.8. The zero-order valence-corrected chi connectivity index (χ0v) is 10.9. The molecule has 2 aliphatic rings. The lowest BCUT2D eigenvalue weighted by atomic mass is 9.91. The van der Waals surface area contributed by atoms with E-state index < -0.39 is 11.1 Å². The zero-order valence-electron chi connectivity index (χ0n) is 10.9. The lowest BCUT2D eigenvalue weighted by molar-refractivity contribution is -0.385. The van der Waals surface area contributed by atoms with Crippen molar-refractivity contribution >= 4 is 5.69 Å². The first-order chi connectivity index (χ1) is 9.59. The molecular weight excluding hydrogens is 262 g/mol. The molecule has 1 aliphatic carbocycles. The fourth-order valence-corrected chi connectivity index (χ4v) is 3.30. The van der Waals surface area contributed by atoms with Gasteiger partial charge in [0.05, 0.1) is 17.0 Å². The summed E-state index contributed by atoms with van der Waals surface area (Å²) in [6, 6.07) is 5.82. The first-order valence-corrected chi connectivity index (χ1v) is 6.78. The Bertz CT molecular complexity index is 506. The van der Waals surface area contributed by atoms with Gasteiger partial charge in [0.1, 0.15) is 6.17 Å². The van der Waals surface area contributed by atoms with Crippen LogP contribution in [0.25, 0.3) is 0 Å². The highest BCUT2D eigenvalue weighted by molar-refractivity contribution is 5.36. The van der Waals surface area contributed by atoms with Crippen molar-refractivity contribution in [2.75, 3.05) is 0 Å². The Labute approximate surface area is 116 Å². The topological polar surface area (TPSA) is 90.1 Å². The average Bonchev–Trinajstić information content (AvgIpc) is 2.72. The maximum absolute atomic E-state index is 10.8. The van der Waals surface area contributed by atoms with Gasteiger partial charge >= 0.3 is 0 Å². The quantitative estimate of drug-likeness (QED) is 0.637. The molecule has 1 saturated carbocycles. The van der Waals surface area contributed by atoms with Crippen LogP contribution >= 0.6 is 0 Å². The van der Waals surface area contributed by atoms with Gasteiger partial charge in [0.15, 0.2) is 0 Å². The molecule has 0 bridgehead atoms. The van der Waals surface area contributed by atoms with Crippen LogP contribution in [0.5, 0.6) is 0 Å². The van der Waals surface area contributed by atoms with Gasteiger partial charge in [-0.1, -0.05) is 25.0 Å². The maximum Gasteiger partial charge on any atom is 0.269 e. The summed E-state index contributed by atoms with van der Waals surface area (Å²) >= 11 is 0. The predicted molar refractivity (Wildman–Crippen MR) is 69.1 cm³/mol. The first-order valence-electron chi connectivity index (χ1n) is 6.78. The van der Waals surface area contributed by atoms with E-state index in [1.807, 2.05) is 0 Å². The number of hydrogen-bond acceptors (Lipinski definition) is 6. The normalized spacial score (nSPS) is 31.2. The van der Waals surface area contributed by atoms with Crippen LogP contribution in [0.3, 0.4) is 0 Å². The van der Waals surface area contributed by atoms with Crippen molar-refractivity contribution in [2.45, 2.75) is 43.9 Å². The minimum absolute atomic E-state index is 0.0424. The number of rotatable bonds is 2. The third-order valence-corrected chi connectivity index (χ3v) is 4.25. The Hall–Kier alpha value is -1.54. The number of non-ortho nitro benzene ring substituents is 1. The summed E-state index contributed by atoms with van der Waals surface area (Å²) in [6.07, 6.45) is 2.96. The molecule has 7 heteroatoms. The number of nitro benzene ring substituents is 1. The number of nitro groups is 1. The lowest BCUT2D eigenvalue weighted by Gasteiger charge is -2.27. The van der Waals surface area contributed by atoms with E-state index in [-0.39, 0.29) is 17.8 Å². The second kappa shape index (κ2) is 5.10. The van der Waals surface area contributed by atoms with Crippen molar-refractivity contribution in [3.05, 3.63) is 39.9 Å². The van der Waals surface area contributed by atoms with E-state index in [4.69, 9.17) is 0 Å². The molecule has 3 rings (SSSR count). The van der Waals surface area contributed by atoms with Crippen molar-refractivity contribution in [1.82, 2.24) is 10.1 Å². The third-order valence-electron chi connectivity index (χ3n) is 4.25. The Morgan fingerprint density at radius 1 is 1.15 bits per heavy atom. The second-order valence-electron chi connectivity index (χ2n) is 5.40. The van der Waals surface area contributed by atoms with E-state index in [1.54, 1.807) is 12.1 Å². The van der Waals surface area contributed by atoms with E-state index >= 15 is 0 Å². The van der Waals surface area contributed by atoms with E-state index in [1.165, 1.54) is 12.1 Å². The average molecular weight is 279 g/mol. The number of hydroxylamine groups is 4. The highest BCUT2D eigenvalue weighted by Gasteiger charge is 2.48. The molecule has 20 heavy (non-hydrogen) atoms. The van der Waals surface area contributed by atoms with Crippen molar-refractivity contribution in [3.63, 3.8) is 0 Å². The van der Waals surface area contributed by atoms with Gasteiger partial charge in [-0.25, -0.2) is 0 Å². The van der Waals surface area contributed by atoms with Gasteiger partial charge in [-0.2, -0.15) is 10.1 Å². The van der Waals surface area contributed by atoms with Crippen LogP contribution in [0.15, 0.2) is 24.3 Å². The minimum Gasteiger partial charge on any atom is -0.312 e. The predicted octanol–water partition coefficient (Wildman–Crippen LogP) is 2.30. The summed E-state index contributed by atoms with van der Waals surface area (Å²) in [6.45, 7) is 0. The summed E-state index contributed by atoms with van der Waals surface area (Å²) in [5.41, 5.74) is 0.484. The Balaban J connectivity index is 1.93. The molecule has 0 aromatic heterocycles. The standard InChI is InChI=1S/C13H17N3O4/c17-14-11-6-1-2-7-12(11)15(18)13(14)9-4-3-5-10(8-9)16(19)20/h3-5,8,11-13,17-18H,1-2,6-7H2. The fourth-order valence-electron chi connectivity index (χ4n) is 3.30. The molecule has 1 aromatic rings. The molecule has 1 saturated heterocycles. The molecule has 7 nitrogen and oxygen atoms in total. The van der Waals surface area contributed by atoms with Crippen LogP contribution < -0.4 is 0 Å². The summed E-state index contributed by atoms with van der Waals surface area (Å²) in [5, 5.41) is 33.7. The van der Waals surface area contributed by atoms with E-state index in [2.05, 4.69) is 0 Å². The largest absolute Gasteiger partial charge is 0.312 e. The molecule has 1 aliphatic heterocycles. The minimum atomic E-state index is -0.733. The van der Waals surface area contributed by atoms with Gasteiger partial charge < -0.3 is 10.4 Å². The number of benzene rings is 1. The highest BCUT2D eigenvalue weighted by atomic mass is 16.6. The molecule has 2 unspecified atom stereocenters. The molecular formula is C13H17N3O4. The SMILES string of the molecule is O=[N+]([O-])c1cccc(C2N(O)C3CCCCC3N2O)c1. The van der Waals surface area contributed by atoms with Crippen LogP contribution in [-0.2, 0) is 0 Å². The number of nitrogens with zero attached hydrogens (tertiary/aromatic N) is 3. The highest BCUT2D eigenvalue weighted by Crippen LogP contribution is 2.41. The fraction of sp³-hybridized carbons (Fsp3) is 0.538. The summed E-state index contributed by atoms with van der Waals surface area (Å²) < 4.78 is 0. The van der Waals surface area contributed by atoms with Crippen LogP contribution in [0.4, 0.5) is 5.69 Å². The van der Waals surface area contributed by atoms with Crippen molar-refractivity contribution in [1.29, 1.82) is 0 Å². The van der Waals surface area contributed by atoms with Crippen LogP contribution in [0.1, 0.15) is 37.4 Å². The molecule has 1 heterocycles. The molecule has 2 N–H and O–H groups in total. The van der Waals surface area contributed by atoms with Gasteiger partial charge in [-0.15, -0.1) is 0 Å². The van der Waals surface area contributed by atoms with Gasteiger partial charge in [-0.05, 0) is 18.4 Å². The third kappa shape index (κ3) is 2.08. The van der Waals surface area contributed by atoms with Gasteiger partial charge in [0, 0.05) is 12.1 Å². The molecule has 0 radical (unpaired) electrons. The number of fused-ring (bicyclic) bond motifs is 1. The van der Waals surface area contributed by atoms with Gasteiger partial charge in [0.2, 0.25) is 0 Å². The van der Waals surface area contributed by atoms with Crippen LogP contribution in [0.2, 0.25) is 0 Å². The first kappa shape index (κ1) is 13.4. The summed E-state index contributed by atoms with van der Waals surface area (Å²) in [4.78, 5) is 10.4. The molecule has 1 aromatic carbocycles. The smallest absolute Gasteiger partial charge is 0.269 e. The zero-order chi connectivity index (χ0) is 14.3. The molecule has 0 amide bonds. The van der Waals surface area contributed by atoms with E-state index in [0.29, 0.717) is 5.56 Å². The van der Waals surface area contributed by atoms with E-state index in [9.17, 15) is 20.5 Å². The molecule has 2 fully saturated rings. The lowest BCUT2D eigenvalue weighted by Crippen LogP contribution is -2.37. The monoisotopic (exact) mass is 279 g/mol. The van der Waals surface area contributed by atoms with Crippen LogP contribution in [0, 0.1) is 10.1 Å². The summed E-state index contributed by atoms with van der Waals surface area (Å²) in [7, 11) is 0. The Morgan fingerprint density at radius 3 is 2.30 bits per heavy atom. The van der Waals surface area contributed by atoms with Crippen LogP contribution in [-0.4, -0.2) is 37.5 Å². The molecule has 108 valence electrons.